The fraction of sp³-hybridized carbons (Fsp3) is 0.600. The molecule has 0 radical (unpaired) electrons. The summed E-state index contributed by atoms with van der Waals surface area (Å²) in [7, 11) is 0. The minimum Gasteiger partial charge on any atom is -0.460 e. The molecular weight excluding hydrogens is 520 g/mol. The molecule has 8 atom stereocenters. The Labute approximate surface area is 235 Å². The van der Waals surface area contributed by atoms with E-state index >= 15 is 0 Å². The third kappa shape index (κ3) is 12.8. The van der Waals surface area contributed by atoms with Crippen molar-refractivity contribution in [3.63, 3.8) is 0 Å². The van der Waals surface area contributed by atoms with E-state index < -0.39 is 55.5 Å². The molecule has 10 nitrogen and oxygen atoms in total. The summed E-state index contributed by atoms with van der Waals surface area (Å²) < 4.78 is 16.7. The Morgan fingerprint density at radius 3 is 2.40 bits per heavy atom. The molecule has 5 N–H and O–H groups in total. The molecule has 0 bridgehead atoms. The summed E-state index contributed by atoms with van der Waals surface area (Å²) in [4.78, 5) is 24.2. The minimum absolute atomic E-state index is 0.0103. The summed E-state index contributed by atoms with van der Waals surface area (Å²) in [6.07, 6.45) is 12.3. The fourth-order valence-corrected chi connectivity index (χ4v) is 4.21. The molecule has 0 saturated carbocycles. The fourth-order valence-electron chi connectivity index (χ4n) is 4.21. The number of rotatable bonds is 3. The van der Waals surface area contributed by atoms with Crippen LogP contribution in [-0.4, -0.2) is 92.9 Å². The van der Waals surface area contributed by atoms with E-state index in [-0.39, 0.29) is 18.3 Å². The molecule has 2 heterocycles. The van der Waals surface area contributed by atoms with Gasteiger partial charge in [-0.2, -0.15) is 0 Å². The van der Waals surface area contributed by atoms with Crippen LogP contribution in [0.25, 0.3) is 0 Å². The van der Waals surface area contributed by atoms with Crippen molar-refractivity contribution in [1.29, 1.82) is 0 Å². The lowest BCUT2D eigenvalue weighted by Crippen LogP contribution is -2.59. The quantitative estimate of drug-likeness (QED) is 0.253. The number of Topliss-reactive ketones (excluding diaryl/α,β-unsaturated/α-hetero) is 1. The van der Waals surface area contributed by atoms with Crippen molar-refractivity contribution in [3.8, 4) is 0 Å². The van der Waals surface area contributed by atoms with Gasteiger partial charge in [-0.3, -0.25) is 4.79 Å². The zero-order chi connectivity index (χ0) is 29.3. The van der Waals surface area contributed by atoms with Gasteiger partial charge >= 0.3 is 5.97 Å². The first kappa shape index (κ1) is 33.8. The van der Waals surface area contributed by atoms with Crippen LogP contribution in [0.1, 0.15) is 58.3 Å². The number of hydrogen-bond acceptors (Lipinski definition) is 10. The van der Waals surface area contributed by atoms with Crippen LogP contribution in [0.2, 0.25) is 0 Å². The van der Waals surface area contributed by atoms with E-state index in [0.717, 1.165) is 12.8 Å². The summed E-state index contributed by atoms with van der Waals surface area (Å²) in [5, 5.41) is 50.0. The van der Waals surface area contributed by atoms with Crippen molar-refractivity contribution in [3.05, 3.63) is 60.8 Å². The number of aliphatic hydroxyl groups is 5. The van der Waals surface area contributed by atoms with Crippen LogP contribution < -0.4 is 0 Å². The summed E-state index contributed by atoms with van der Waals surface area (Å²) in [5.41, 5.74) is 0. The van der Waals surface area contributed by atoms with E-state index in [9.17, 15) is 35.1 Å². The largest absolute Gasteiger partial charge is 0.460 e. The smallest absolute Gasteiger partial charge is 0.331 e. The third-order valence-corrected chi connectivity index (χ3v) is 6.50. The van der Waals surface area contributed by atoms with E-state index in [1.54, 1.807) is 42.5 Å². The van der Waals surface area contributed by atoms with Crippen LogP contribution in [-0.2, 0) is 23.8 Å². The average molecular weight is 565 g/mol. The Kier molecular flexibility index (Phi) is 15.9. The summed E-state index contributed by atoms with van der Waals surface area (Å²) >= 11 is 0. The van der Waals surface area contributed by atoms with Gasteiger partial charge in [-0.05, 0) is 45.4 Å². The number of cyclic esters (lactones) is 1. The number of carbonyl (C=O) groups excluding carboxylic acids is 2. The van der Waals surface area contributed by atoms with Crippen LogP contribution in [0.5, 0.6) is 0 Å². The lowest BCUT2D eigenvalue weighted by atomic mass is 9.99. The second kappa shape index (κ2) is 18.8. The highest BCUT2D eigenvalue weighted by molar-refractivity contribution is 5.82. The highest BCUT2D eigenvalue weighted by Gasteiger charge is 2.44. The number of allylic oxidation sites excluding steroid dienone is 6. The molecule has 2 rings (SSSR count). The molecule has 0 spiro atoms. The standard InChI is InChI=1S/C30H44O10/c1-21-13-7-3-2-4-8-14-22(32)19-23(33)15-9-5-10-16-24(17-11-6-12-18-26(34)38-21)39-30-29(37)28(36)27(35)25(20-31)40-30/h2,4-6,9-12,16,18,21,23-25,27-31,33,35-37H,3,7-8,13-15,17,19-20H2,1H3/b4-2+,9-5?,11-6+,16-10?,18-12?/t21-,23+,24-,25+,27+,28-,29+,30+/m1/s1. The SMILES string of the molecule is C[C@@H]1CCC/C=C/CCC(=O)C[C@@H](O)CC=CC=C[C@@H](O[C@H]2O[C@@H](CO)[C@H](O)[C@@H](O)[C@@H]2O)C/C=C/C=CC(=O)O1. The van der Waals surface area contributed by atoms with E-state index in [2.05, 4.69) is 0 Å². The van der Waals surface area contributed by atoms with E-state index in [1.165, 1.54) is 6.08 Å². The normalized spacial score (nSPS) is 36.0. The molecule has 0 amide bonds. The number of ketones is 1. The monoisotopic (exact) mass is 564 g/mol. The first-order chi connectivity index (χ1) is 19.2. The molecule has 0 aromatic carbocycles. The lowest BCUT2D eigenvalue weighted by Gasteiger charge is -2.40. The van der Waals surface area contributed by atoms with Gasteiger partial charge in [0, 0.05) is 18.9 Å². The number of aliphatic hydroxyl groups excluding tert-OH is 5. The van der Waals surface area contributed by atoms with Crippen molar-refractivity contribution in [1.82, 2.24) is 0 Å². The maximum atomic E-state index is 12.1. The first-order valence-corrected chi connectivity index (χ1v) is 13.9. The van der Waals surface area contributed by atoms with Crippen molar-refractivity contribution >= 4 is 11.8 Å². The van der Waals surface area contributed by atoms with E-state index in [0.29, 0.717) is 32.1 Å². The second-order valence-corrected chi connectivity index (χ2v) is 10.0. The Morgan fingerprint density at radius 1 is 0.900 bits per heavy atom. The molecule has 0 unspecified atom stereocenters. The van der Waals surface area contributed by atoms with Gasteiger partial charge in [0.25, 0.3) is 0 Å². The molecule has 40 heavy (non-hydrogen) atoms. The number of esters is 1. The van der Waals surface area contributed by atoms with Crippen molar-refractivity contribution in [2.45, 2.75) is 107 Å². The van der Waals surface area contributed by atoms with Gasteiger partial charge in [0.1, 0.15) is 30.2 Å². The average Bonchev–Trinajstić information content (AvgIpc) is 2.91. The summed E-state index contributed by atoms with van der Waals surface area (Å²) in [5.74, 6) is -0.467. The van der Waals surface area contributed by atoms with Crippen molar-refractivity contribution < 1.29 is 49.3 Å². The van der Waals surface area contributed by atoms with Gasteiger partial charge in [0.05, 0.1) is 24.9 Å². The maximum Gasteiger partial charge on any atom is 0.331 e. The van der Waals surface area contributed by atoms with Crippen LogP contribution in [0, 0.1) is 0 Å². The highest BCUT2D eigenvalue weighted by atomic mass is 16.7. The molecular formula is C30H44O10. The summed E-state index contributed by atoms with van der Waals surface area (Å²) in [6, 6.07) is 0. The molecule has 0 aliphatic carbocycles. The minimum atomic E-state index is -1.57. The van der Waals surface area contributed by atoms with Crippen LogP contribution >= 0.6 is 0 Å². The molecule has 1 fully saturated rings. The second-order valence-electron chi connectivity index (χ2n) is 10.0. The molecule has 2 aliphatic heterocycles. The van der Waals surface area contributed by atoms with E-state index in [1.807, 2.05) is 19.1 Å². The van der Waals surface area contributed by atoms with Crippen molar-refractivity contribution in [2.24, 2.45) is 0 Å². The van der Waals surface area contributed by atoms with Gasteiger partial charge in [-0.15, -0.1) is 0 Å². The lowest BCUT2D eigenvalue weighted by molar-refractivity contribution is -0.307. The Hall–Kier alpha value is -2.44. The Morgan fingerprint density at radius 2 is 1.62 bits per heavy atom. The van der Waals surface area contributed by atoms with Crippen molar-refractivity contribution in [2.75, 3.05) is 6.61 Å². The topological polar surface area (TPSA) is 163 Å². The predicted molar refractivity (Wildman–Crippen MR) is 148 cm³/mol. The number of ether oxygens (including phenoxy) is 3. The maximum absolute atomic E-state index is 12.1. The van der Waals surface area contributed by atoms with Gasteiger partial charge in [-0.25, -0.2) is 4.79 Å². The Bertz CT molecular complexity index is 906. The molecule has 0 aromatic heterocycles. The molecule has 10 heteroatoms. The predicted octanol–water partition coefficient (Wildman–Crippen LogP) is 1.95. The number of hydrogen-bond donors (Lipinski definition) is 5. The molecule has 224 valence electrons. The van der Waals surface area contributed by atoms with Crippen LogP contribution in [0.4, 0.5) is 0 Å². The third-order valence-electron chi connectivity index (χ3n) is 6.50. The van der Waals surface area contributed by atoms with E-state index in [4.69, 9.17) is 14.2 Å². The zero-order valence-corrected chi connectivity index (χ0v) is 23.0. The summed E-state index contributed by atoms with van der Waals surface area (Å²) in [6.45, 7) is 1.26. The van der Waals surface area contributed by atoms with Gasteiger partial charge in [-0.1, -0.05) is 54.7 Å². The molecule has 1 saturated heterocycles. The molecule has 0 aromatic rings. The van der Waals surface area contributed by atoms with Gasteiger partial charge in [0.15, 0.2) is 6.29 Å². The zero-order valence-electron chi connectivity index (χ0n) is 23.0. The highest BCUT2D eigenvalue weighted by Crippen LogP contribution is 2.24. The van der Waals surface area contributed by atoms with Gasteiger partial charge < -0.3 is 39.7 Å². The number of carbonyl (C=O) groups is 2. The Balaban J connectivity index is 2.11. The molecule has 2 aliphatic rings. The van der Waals surface area contributed by atoms with Crippen LogP contribution in [0.3, 0.4) is 0 Å². The van der Waals surface area contributed by atoms with Crippen LogP contribution in [0.15, 0.2) is 60.8 Å². The van der Waals surface area contributed by atoms with Gasteiger partial charge in [0.2, 0.25) is 0 Å². The first-order valence-electron chi connectivity index (χ1n) is 13.9.